The molecule has 2 fully saturated rings. The summed E-state index contributed by atoms with van der Waals surface area (Å²) < 4.78 is 0. The zero-order chi connectivity index (χ0) is 23.7. The number of rotatable bonds is 6. The van der Waals surface area contributed by atoms with Crippen molar-refractivity contribution < 1.29 is 9.63 Å². The molecular weight excluding hydrogens is 422 g/mol. The molecule has 2 aromatic carbocycles. The van der Waals surface area contributed by atoms with Crippen LogP contribution in [0.3, 0.4) is 0 Å². The van der Waals surface area contributed by atoms with E-state index < -0.39 is 0 Å². The number of nitrogens with one attached hydrogen (secondary N) is 1. The van der Waals surface area contributed by atoms with Crippen molar-refractivity contribution in [2.45, 2.75) is 64.6 Å². The first-order chi connectivity index (χ1) is 16.5. The molecule has 5 rings (SSSR count). The average Bonchev–Trinajstić information content (AvgIpc) is 2.87. The number of nitrogens with zero attached hydrogens (tertiary/aromatic N) is 2. The lowest BCUT2D eigenvalue weighted by molar-refractivity contribution is -0.154. The van der Waals surface area contributed by atoms with Crippen LogP contribution in [0.2, 0.25) is 0 Å². The van der Waals surface area contributed by atoms with Crippen molar-refractivity contribution in [1.29, 1.82) is 0 Å². The maximum absolute atomic E-state index is 13.7. The minimum absolute atomic E-state index is 0.0557. The molecule has 34 heavy (non-hydrogen) atoms. The first-order valence-electron chi connectivity index (χ1n) is 13.1. The summed E-state index contributed by atoms with van der Waals surface area (Å²) in [6.45, 7) is 10.2. The molecule has 5 nitrogen and oxygen atoms in total. The Bertz CT molecular complexity index is 992. The van der Waals surface area contributed by atoms with E-state index in [1.807, 2.05) is 31.2 Å². The maximum atomic E-state index is 13.7. The first kappa shape index (κ1) is 23.5. The molecule has 4 atom stereocenters. The lowest BCUT2D eigenvalue weighted by Crippen LogP contribution is -2.54. The topological polar surface area (TPSA) is 44.8 Å². The molecule has 0 radical (unpaired) electrons. The first-order valence-corrected chi connectivity index (χ1v) is 13.1. The smallest absolute Gasteiger partial charge is 0.278 e. The van der Waals surface area contributed by atoms with Gasteiger partial charge in [0.1, 0.15) is 0 Å². The van der Waals surface area contributed by atoms with Gasteiger partial charge in [-0.1, -0.05) is 50.2 Å². The van der Waals surface area contributed by atoms with Crippen LogP contribution in [0.4, 0.5) is 0 Å². The number of carbonyl (C=O) groups is 1. The third-order valence-electron chi connectivity index (χ3n) is 7.91. The fourth-order valence-corrected chi connectivity index (χ4v) is 6.02. The standard InChI is InChI=1S/C29H39N3O2/c1-20(2)19-34-32(21(3)22-8-5-4-6-9-22)29(33)24-11-12-26-23(16-24)13-15-31-18-25-10-7-14-30-27(25)17-28(26)31/h4-6,8-9,11-12,16,20-21,25,27-28,30H,7,10,13-15,17-19H2,1-3H3/t21-,25-,27+,28-/m1/s1. The van der Waals surface area contributed by atoms with Crippen molar-refractivity contribution in [1.82, 2.24) is 15.3 Å². The molecule has 0 aromatic heterocycles. The molecule has 2 aromatic rings. The summed E-state index contributed by atoms with van der Waals surface area (Å²) in [6.07, 6.45) is 4.85. The van der Waals surface area contributed by atoms with Crippen LogP contribution < -0.4 is 5.32 Å². The molecule has 5 heteroatoms. The molecule has 1 N–H and O–H groups in total. The summed E-state index contributed by atoms with van der Waals surface area (Å²) in [5.74, 6) is 1.08. The van der Waals surface area contributed by atoms with E-state index in [4.69, 9.17) is 4.84 Å². The summed E-state index contributed by atoms with van der Waals surface area (Å²) in [5, 5.41) is 5.36. The highest BCUT2D eigenvalue weighted by Gasteiger charge is 2.39. The molecule has 3 aliphatic heterocycles. The predicted molar refractivity (Wildman–Crippen MR) is 135 cm³/mol. The lowest BCUT2D eigenvalue weighted by Gasteiger charge is -2.49. The molecule has 0 saturated carbocycles. The van der Waals surface area contributed by atoms with Gasteiger partial charge in [0.15, 0.2) is 0 Å². The second-order valence-electron chi connectivity index (χ2n) is 10.8. The number of hydrogen-bond acceptors (Lipinski definition) is 4. The lowest BCUT2D eigenvalue weighted by atomic mass is 9.77. The Morgan fingerprint density at radius 3 is 2.79 bits per heavy atom. The van der Waals surface area contributed by atoms with Crippen LogP contribution in [0.25, 0.3) is 0 Å². The zero-order valence-corrected chi connectivity index (χ0v) is 20.9. The molecule has 182 valence electrons. The number of benzene rings is 2. The highest BCUT2D eigenvalue weighted by Crippen LogP contribution is 2.41. The Hall–Kier alpha value is -2.21. The fraction of sp³-hybridized carbons (Fsp3) is 0.552. The van der Waals surface area contributed by atoms with E-state index in [0.29, 0.717) is 24.6 Å². The van der Waals surface area contributed by atoms with Crippen LogP contribution in [0, 0.1) is 11.8 Å². The van der Waals surface area contributed by atoms with E-state index in [0.717, 1.165) is 36.6 Å². The van der Waals surface area contributed by atoms with Crippen LogP contribution in [-0.4, -0.2) is 48.2 Å². The molecule has 0 bridgehead atoms. The van der Waals surface area contributed by atoms with Gasteiger partial charge in [-0.15, -0.1) is 0 Å². The SMILES string of the molecule is CC(C)CON(C(=O)c1ccc2c(c1)CCN1C[C@H]3CCCN[C@H]3C[C@H]21)[C@H](C)c1ccccc1. The van der Waals surface area contributed by atoms with Gasteiger partial charge in [-0.2, -0.15) is 0 Å². The molecule has 0 unspecified atom stereocenters. The van der Waals surface area contributed by atoms with Crippen molar-refractivity contribution in [3.8, 4) is 0 Å². The summed E-state index contributed by atoms with van der Waals surface area (Å²) in [4.78, 5) is 22.5. The number of hydroxylamine groups is 2. The average molecular weight is 462 g/mol. The monoisotopic (exact) mass is 461 g/mol. The molecule has 0 spiro atoms. The minimum atomic E-state index is -0.161. The van der Waals surface area contributed by atoms with Crippen molar-refractivity contribution >= 4 is 5.91 Å². The second-order valence-corrected chi connectivity index (χ2v) is 10.8. The van der Waals surface area contributed by atoms with E-state index in [9.17, 15) is 4.79 Å². The second kappa shape index (κ2) is 10.2. The van der Waals surface area contributed by atoms with Crippen molar-refractivity contribution in [3.05, 3.63) is 70.8 Å². The van der Waals surface area contributed by atoms with Crippen LogP contribution in [-0.2, 0) is 11.3 Å². The number of fused-ring (bicyclic) bond motifs is 4. The van der Waals surface area contributed by atoms with Crippen LogP contribution in [0.5, 0.6) is 0 Å². The van der Waals surface area contributed by atoms with Crippen molar-refractivity contribution in [3.63, 3.8) is 0 Å². The van der Waals surface area contributed by atoms with Gasteiger partial charge in [-0.05, 0) is 79.8 Å². The van der Waals surface area contributed by atoms with E-state index in [1.165, 1.54) is 36.9 Å². The summed E-state index contributed by atoms with van der Waals surface area (Å²) in [6, 6.07) is 17.5. The summed E-state index contributed by atoms with van der Waals surface area (Å²) in [5.41, 5.74) is 4.55. The number of piperidine rings is 2. The molecule has 3 heterocycles. The molecule has 2 saturated heterocycles. The summed E-state index contributed by atoms with van der Waals surface area (Å²) in [7, 11) is 0. The van der Waals surface area contributed by atoms with Gasteiger partial charge in [-0.25, -0.2) is 5.06 Å². The largest absolute Gasteiger partial charge is 0.314 e. The fourth-order valence-electron chi connectivity index (χ4n) is 6.02. The van der Waals surface area contributed by atoms with Crippen LogP contribution in [0.15, 0.2) is 48.5 Å². The Morgan fingerprint density at radius 1 is 1.18 bits per heavy atom. The third kappa shape index (κ3) is 4.79. The number of amides is 1. The molecule has 0 aliphatic carbocycles. The van der Waals surface area contributed by atoms with Gasteiger partial charge in [0.25, 0.3) is 5.91 Å². The van der Waals surface area contributed by atoms with Crippen molar-refractivity contribution in [2.24, 2.45) is 11.8 Å². The van der Waals surface area contributed by atoms with Gasteiger partial charge < -0.3 is 5.32 Å². The van der Waals surface area contributed by atoms with Gasteiger partial charge in [-0.3, -0.25) is 14.5 Å². The summed E-state index contributed by atoms with van der Waals surface area (Å²) >= 11 is 0. The van der Waals surface area contributed by atoms with E-state index in [2.05, 4.69) is 48.3 Å². The minimum Gasteiger partial charge on any atom is -0.314 e. The van der Waals surface area contributed by atoms with Gasteiger partial charge in [0.05, 0.1) is 12.6 Å². The van der Waals surface area contributed by atoms with E-state index in [-0.39, 0.29) is 11.9 Å². The van der Waals surface area contributed by atoms with E-state index >= 15 is 0 Å². The van der Waals surface area contributed by atoms with Crippen LogP contribution in [0.1, 0.15) is 79.2 Å². The normalized spacial score (nSPS) is 25.2. The highest BCUT2D eigenvalue weighted by molar-refractivity contribution is 5.94. The zero-order valence-electron chi connectivity index (χ0n) is 20.9. The van der Waals surface area contributed by atoms with Gasteiger partial charge >= 0.3 is 0 Å². The maximum Gasteiger partial charge on any atom is 0.278 e. The quantitative estimate of drug-likeness (QED) is 0.605. The van der Waals surface area contributed by atoms with Crippen molar-refractivity contribution in [2.75, 3.05) is 26.2 Å². The molecular formula is C29H39N3O2. The highest BCUT2D eigenvalue weighted by atomic mass is 16.7. The molecule has 1 amide bonds. The van der Waals surface area contributed by atoms with Gasteiger partial charge in [0, 0.05) is 30.7 Å². The Balaban J connectivity index is 1.38. The third-order valence-corrected chi connectivity index (χ3v) is 7.91. The predicted octanol–water partition coefficient (Wildman–Crippen LogP) is 5.15. The van der Waals surface area contributed by atoms with Gasteiger partial charge in [0.2, 0.25) is 0 Å². The Kier molecular flexibility index (Phi) is 7.05. The van der Waals surface area contributed by atoms with Crippen LogP contribution >= 0.6 is 0 Å². The number of carbonyl (C=O) groups excluding carboxylic acids is 1. The Labute approximate surface area is 204 Å². The molecule has 3 aliphatic rings. The number of hydrogen-bond donors (Lipinski definition) is 1. The van der Waals surface area contributed by atoms with E-state index in [1.54, 1.807) is 5.06 Å². The Morgan fingerprint density at radius 2 is 2.00 bits per heavy atom.